The van der Waals surface area contributed by atoms with E-state index in [9.17, 15) is 0 Å². The first-order chi connectivity index (χ1) is 8.54. The molecule has 4 heteroatoms. The highest BCUT2D eigenvalue weighted by Gasteiger charge is 2.14. The minimum Gasteiger partial charge on any atom is -0.330 e. The van der Waals surface area contributed by atoms with Gasteiger partial charge in [0.15, 0.2) is 5.82 Å². The van der Waals surface area contributed by atoms with Crippen LogP contribution in [-0.2, 0) is 6.42 Å². The summed E-state index contributed by atoms with van der Waals surface area (Å²) in [6, 6.07) is 2.21. The van der Waals surface area contributed by atoms with Crippen LogP contribution in [0.1, 0.15) is 28.1 Å². The molecule has 0 aliphatic heterocycles. The highest BCUT2D eigenvalue weighted by molar-refractivity contribution is 5.67. The Morgan fingerprint density at radius 2 is 1.72 bits per heavy atom. The zero-order valence-corrected chi connectivity index (χ0v) is 11.5. The van der Waals surface area contributed by atoms with Gasteiger partial charge in [-0.05, 0) is 56.5 Å². The maximum Gasteiger partial charge on any atom is 0.181 e. The molecular weight excluding hydrogens is 224 g/mol. The lowest BCUT2D eigenvalue weighted by Gasteiger charge is -2.12. The number of nitrogens with zero attached hydrogens (tertiary/aromatic N) is 2. The zero-order chi connectivity index (χ0) is 13.3. The smallest absolute Gasteiger partial charge is 0.181 e. The third-order valence-electron chi connectivity index (χ3n) is 3.50. The molecule has 1 heterocycles. The molecule has 0 radical (unpaired) electrons. The number of benzene rings is 1. The topological polar surface area (TPSA) is 67.6 Å². The van der Waals surface area contributed by atoms with Gasteiger partial charge in [0, 0.05) is 12.0 Å². The molecule has 0 fully saturated rings. The Kier molecular flexibility index (Phi) is 3.48. The van der Waals surface area contributed by atoms with E-state index in [1.165, 1.54) is 22.3 Å². The van der Waals surface area contributed by atoms with Crippen LogP contribution in [0.5, 0.6) is 0 Å². The zero-order valence-electron chi connectivity index (χ0n) is 11.5. The summed E-state index contributed by atoms with van der Waals surface area (Å²) >= 11 is 0. The number of hydrogen-bond donors (Lipinski definition) is 2. The molecule has 0 spiro atoms. The predicted molar refractivity (Wildman–Crippen MR) is 73.5 cm³/mol. The number of aryl methyl sites for hydroxylation is 2. The number of nitrogens with two attached hydrogens (primary N) is 1. The van der Waals surface area contributed by atoms with Crippen LogP contribution in [0.25, 0.3) is 11.4 Å². The minimum atomic E-state index is 0.583. The predicted octanol–water partition coefficient (Wildman–Crippen LogP) is 2.21. The van der Waals surface area contributed by atoms with Gasteiger partial charge in [-0.15, -0.1) is 0 Å². The third kappa shape index (κ3) is 2.16. The molecule has 96 valence electrons. The molecule has 2 rings (SSSR count). The van der Waals surface area contributed by atoms with Crippen LogP contribution < -0.4 is 5.73 Å². The van der Waals surface area contributed by atoms with Crippen molar-refractivity contribution in [3.8, 4) is 11.4 Å². The van der Waals surface area contributed by atoms with Gasteiger partial charge in [0.25, 0.3) is 0 Å². The Bertz CT molecular complexity index is 543. The molecule has 0 aliphatic rings. The van der Waals surface area contributed by atoms with Gasteiger partial charge in [0.1, 0.15) is 5.82 Å². The molecule has 0 unspecified atom stereocenters. The number of nitrogens with one attached hydrogen (secondary N) is 1. The average Bonchev–Trinajstić information content (AvgIpc) is 2.76. The summed E-state index contributed by atoms with van der Waals surface area (Å²) in [6.45, 7) is 9.07. The Balaban J connectivity index is 2.55. The van der Waals surface area contributed by atoms with Gasteiger partial charge < -0.3 is 5.73 Å². The molecule has 0 saturated carbocycles. The van der Waals surface area contributed by atoms with E-state index >= 15 is 0 Å². The first-order valence-electron chi connectivity index (χ1n) is 6.23. The molecule has 3 N–H and O–H groups in total. The van der Waals surface area contributed by atoms with Crippen LogP contribution in [0, 0.1) is 27.7 Å². The van der Waals surface area contributed by atoms with Gasteiger partial charge in [0.05, 0.1) is 0 Å². The Morgan fingerprint density at radius 3 is 2.28 bits per heavy atom. The SMILES string of the molecule is Cc1cc(C)c(C)c(-c2n[nH]c(CCN)n2)c1C. The van der Waals surface area contributed by atoms with E-state index in [1.807, 2.05) is 0 Å². The van der Waals surface area contributed by atoms with Crippen LogP contribution in [0.4, 0.5) is 0 Å². The average molecular weight is 244 g/mol. The van der Waals surface area contributed by atoms with Crippen LogP contribution in [-0.4, -0.2) is 21.7 Å². The van der Waals surface area contributed by atoms with Gasteiger partial charge in [-0.3, -0.25) is 5.10 Å². The summed E-state index contributed by atoms with van der Waals surface area (Å²) in [5, 5.41) is 7.27. The van der Waals surface area contributed by atoms with E-state index in [2.05, 4.69) is 48.9 Å². The van der Waals surface area contributed by atoms with Crippen LogP contribution in [0.3, 0.4) is 0 Å². The van der Waals surface area contributed by atoms with Crippen molar-refractivity contribution in [1.82, 2.24) is 15.2 Å². The molecule has 0 aliphatic carbocycles. The van der Waals surface area contributed by atoms with Crippen LogP contribution in [0.15, 0.2) is 6.07 Å². The number of aromatic amines is 1. The van der Waals surface area contributed by atoms with Crippen molar-refractivity contribution in [3.63, 3.8) is 0 Å². The fourth-order valence-electron chi connectivity index (χ4n) is 2.21. The van der Waals surface area contributed by atoms with E-state index in [0.717, 1.165) is 23.6 Å². The van der Waals surface area contributed by atoms with Crippen molar-refractivity contribution >= 4 is 0 Å². The van der Waals surface area contributed by atoms with E-state index in [4.69, 9.17) is 5.73 Å². The Morgan fingerprint density at radius 1 is 1.11 bits per heavy atom. The summed E-state index contributed by atoms with van der Waals surface area (Å²) in [6.07, 6.45) is 0.732. The molecule has 4 nitrogen and oxygen atoms in total. The van der Waals surface area contributed by atoms with E-state index in [0.29, 0.717) is 6.54 Å². The lowest BCUT2D eigenvalue weighted by molar-refractivity contribution is 0.874. The second-order valence-corrected chi connectivity index (χ2v) is 4.78. The Labute approximate surface area is 108 Å². The number of hydrogen-bond acceptors (Lipinski definition) is 3. The number of aromatic nitrogens is 3. The lowest BCUT2D eigenvalue weighted by atomic mass is 9.94. The van der Waals surface area contributed by atoms with Gasteiger partial charge >= 0.3 is 0 Å². The highest BCUT2D eigenvalue weighted by atomic mass is 15.2. The lowest BCUT2D eigenvalue weighted by Crippen LogP contribution is -2.04. The maximum atomic E-state index is 5.53. The standard InChI is InChI=1S/C14H20N4/c1-8-7-9(2)11(4)13(10(8)3)14-16-12(5-6-15)17-18-14/h7H,5-6,15H2,1-4H3,(H,16,17,18). The van der Waals surface area contributed by atoms with E-state index < -0.39 is 0 Å². The summed E-state index contributed by atoms with van der Waals surface area (Å²) in [5.41, 5.74) is 11.7. The monoisotopic (exact) mass is 244 g/mol. The molecule has 0 atom stereocenters. The molecular formula is C14H20N4. The van der Waals surface area contributed by atoms with Crippen LogP contribution in [0.2, 0.25) is 0 Å². The first-order valence-corrected chi connectivity index (χ1v) is 6.23. The van der Waals surface area contributed by atoms with Crippen molar-refractivity contribution < 1.29 is 0 Å². The van der Waals surface area contributed by atoms with Crippen LogP contribution >= 0.6 is 0 Å². The number of rotatable bonds is 3. The Hall–Kier alpha value is -1.68. The summed E-state index contributed by atoms with van der Waals surface area (Å²) in [7, 11) is 0. The van der Waals surface area contributed by atoms with Crippen molar-refractivity contribution in [1.29, 1.82) is 0 Å². The van der Waals surface area contributed by atoms with Gasteiger partial charge in [-0.2, -0.15) is 5.10 Å². The minimum absolute atomic E-state index is 0.583. The normalized spacial score (nSPS) is 10.9. The highest BCUT2D eigenvalue weighted by Crippen LogP contribution is 2.29. The first kappa shape index (κ1) is 12.8. The van der Waals surface area contributed by atoms with Gasteiger partial charge in [-0.25, -0.2) is 4.98 Å². The van der Waals surface area contributed by atoms with Crippen molar-refractivity contribution in [2.45, 2.75) is 34.1 Å². The summed E-state index contributed by atoms with van der Waals surface area (Å²) < 4.78 is 0. The van der Waals surface area contributed by atoms with Crippen molar-refractivity contribution in [2.24, 2.45) is 5.73 Å². The van der Waals surface area contributed by atoms with Gasteiger partial charge in [0.2, 0.25) is 0 Å². The number of H-pyrrole nitrogens is 1. The molecule has 1 aromatic heterocycles. The third-order valence-corrected chi connectivity index (χ3v) is 3.50. The second kappa shape index (κ2) is 4.90. The summed E-state index contributed by atoms with van der Waals surface area (Å²) in [4.78, 5) is 4.53. The quantitative estimate of drug-likeness (QED) is 0.869. The molecule has 0 amide bonds. The largest absolute Gasteiger partial charge is 0.330 e. The maximum absolute atomic E-state index is 5.53. The molecule has 1 aromatic carbocycles. The summed E-state index contributed by atoms with van der Waals surface area (Å²) in [5.74, 6) is 1.63. The molecule has 0 bridgehead atoms. The van der Waals surface area contributed by atoms with E-state index in [1.54, 1.807) is 0 Å². The fraction of sp³-hybridized carbons (Fsp3) is 0.429. The van der Waals surface area contributed by atoms with Crippen molar-refractivity contribution in [3.05, 3.63) is 34.1 Å². The van der Waals surface area contributed by atoms with Crippen molar-refractivity contribution in [2.75, 3.05) is 6.54 Å². The molecule has 2 aromatic rings. The fourth-order valence-corrected chi connectivity index (χ4v) is 2.21. The molecule has 18 heavy (non-hydrogen) atoms. The second-order valence-electron chi connectivity index (χ2n) is 4.78. The van der Waals surface area contributed by atoms with E-state index in [-0.39, 0.29) is 0 Å². The molecule has 0 saturated heterocycles. The van der Waals surface area contributed by atoms with Gasteiger partial charge in [-0.1, -0.05) is 6.07 Å².